The van der Waals surface area contributed by atoms with Crippen LogP contribution in [0.5, 0.6) is 0 Å². The molecule has 0 radical (unpaired) electrons. The Morgan fingerprint density at radius 1 is 0.565 bits per heavy atom. The van der Waals surface area contributed by atoms with Crippen molar-refractivity contribution in [1.82, 2.24) is 0 Å². The molecule has 2 rings (SSSR count). The first-order valence-corrected chi connectivity index (χ1v) is 7.08. The third-order valence-electron chi connectivity index (χ3n) is 3.97. The highest BCUT2D eigenvalue weighted by Crippen LogP contribution is 2.27. The number of aliphatic hydroxyl groups is 8. The number of ether oxygens (including phenoxy) is 3. The van der Waals surface area contributed by atoms with Gasteiger partial charge < -0.3 is 55.1 Å². The van der Waals surface area contributed by atoms with Gasteiger partial charge in [0.15, 0.2) is 12.6 Å². The SMILES string of the molecule is OC[C@@H]1OC(OC2O[C@H](CO)[C@@H](O)[C@H](O)[C@H]2O)[C@@H](O)[C@H](O)[C@H]1O. The predicted octanol–water partition coefficient (Wildman–Crippen LogP) is -5.40. The molecule has 0 aromatic rings. The van der Waals surface area contributed by atoms with Crippen molar-refractivity contribution in [3.05, 3.63) is 0 Å². The maximum absolute atomic E-state index is 9.84. The molecule has 2 aliphatic heterocycles. The molecule has 23 heavy (non-hydrogen) atoms. The lowest BCUT2D eigenvalue weighted by Gasteiger charge is -2.44. The first-order valence-electron chi connectivity index (χ1n) is 7.08. The van der Waals surface area contributed by atoms with E-state index in [-0.39, 0.29) is 0 Å². The van der Waals surface area contributed by atoms with E-state index in [0.717, 1.165) is 0 Å². The molecule has 2 heterocycles. The summed E-state index contributed by atoms with van der Waals surface area (Å²) in [6, 6.07) is 0. The minimum absolute atomic E-state index is 0.667. The molecule has 2 saturated heterocycles. The maximum Gasteiger partial charge on any atom is 0.189 e. The topological polar surface area (TPSA) is 190 Å². The summed E-state index contributed by atoms with van der Waals surface area (Å²) < 4.78 is 15.3. The van der Waals surface area contributed by atoms with Crippen molar-refractivity contribution in [3.8, 4) is 0 Å². The van der Waals surface area contributed by atoms with Gasteiger partial charge in [-0.2, -0.15) is 0 Å². The highest BCUT2D eigenvalue weighted by molar-refractivity contribution is 4.92. The van der Waals surface area contributed by atoms with Crippen LogP contribution in [0.25, 0.3) is 0 Å². The highest BCUT2D eigenvalue weighted by Gasteiger charge is 2.49. The van der Waals surface area contributed by atoms with Crippen LogP contribution in [0.3, 0.4) is 0 Å². The first kappa shape index (κ1) is 18.9. The predicted molar refractivity (Wildman–Crippen MR) is 68.6 cm³/mol. The molecule has 0 amide bonds. The second-order valence-corrected chi connectivity index (χ2v) is 5.53. The monoisotopic (exact) mass is 342 g/mol. The third kappa shape index (κ3) is 3.65. The van der Waals surface area contributed by atoms with Crippen LogP contribution in [0.4, 0.5) is 0 Å². The van der Waals surface area contributed by atoms with Gasteiger partial charge in [-0.3, -0.25) is 0 Å². The van der Waals surface area contributed by atoms with Gasteiger partial charge in [-0.15, -0.1) is 0 Å². The molecule has 11 heteroatoms. The third-order valence-corrected chi connectivity index (χ3v) is 3.97. The Kier molecular flexibility index (Phi) is 6.27. The lowest BCUT2D eigenvalue weighted by atomic mass is 9.98. The molecule has 0 aromatic heterocycles. The lowest BCUT2D eigenvalue weighted by Crippen LogP contribution is -2.63. The summed E-state index contributed by atoms with van der Waals surface area (Å²) in [4.78, 5) is 0. The molecule has 2 fully saturated rings. The Bertz CT molecular complexity index is 344. The van der Waals surface area contributed by atoms with Crippen molar-refractivity contribution in [2.75, 3.05) is 13.2 Å². The Morgan fingerprint density at radius 2 is 0.913 bits per heavy atom. The molecule has 136 valence electrons. The van der Waals surface area contributed by atoms with E-state index in [1.807, 2.05) is 0 Å². The Morgan fingerprint density at radius 3 is 1.22 bits per heavy atom. The molecule has 11 nitrogen and oxygen atoms in total. The molecular formula is C12H22O11. The van der Waals surface area contributed by atoms with Crippen molar-refractivity contribution < 1.29 is 55.1 Å². The standard InChI is InChI=1S/C12H22O11/c13-1-3-5(15)7(17)9(19)11(21-3)23-12-10(20)8(18)6(16)4(2-14)22-12/h3-20H,1-2H2/t3-,4+,5-,6+,7+,8-,9-,10+,11?,12?. The van der Waals surface area contributed by atoms with Crippen LogP contribution in [-0.2, 0) is 14.2 Å². The van der Waals surface area contributed by atoms with Crippen LogP contribution in [0, 0.1) is 0 Å². The zero-order valence-corrected chi connectivity index (χ0v) is 12.0. The second-order valence-electron chi connectivity index (χ2n) is 5.53. The van der Waals surface area contributed by atoms with Gasteiger partial charge in [0.1, 0.15) is 48.8 Å². The molecule has 2 unspecified atom stereocenters. The van der Waals surface area contributed by atoms with E-state index < -0.39 is 74.6 Å². The number of aliphatic hydroxyl groups excluding tert-OH is 8. The zero-order chi connectivity index (χ0) is 17.3. The Balaban J connectivity index is 2.07. The molecule has 0 aromatic carbocycles. The number of hydrogen-bond donors (Lipinski definition) is 8. The summed E-state index contributed by atoms with van der Waals surface area (Å²) in [5.41, 5.74) is 0. The van der Waals surface area contributed by atoms with Gasteiger partial charge in [-0.1, -0.05) is 0 Å². The quantitative estimate of drug-likeness (QED) is 0.243. The van der Waals surface area contributed by atoms with Crippen LogP contribution in [-0.4, -0.2) is 115 Å². The Labute approximate surface area is 130 Å². The van der Waals surface area contributed by atoms with Gasteiger partial charge in [-0.25, -0.2) is 0 Å². The molecule has 8 N–H and O–H groups in total. The van der Waals surface area contributed by atoms with Gasteiger partial charge in [0.05, 0.1) is 13.2 Å². The van der Waals surface area contributed by atoms with Gasteiger partial charge in [-0.05, 0) is 0 Å². The second kappa shape index (κ2) is 7.63. The van der Waals surface area contributed by atoms with Crippen LogP contribution >= 0.6 is 0 Å². The Hall–Kier alpha value is -0.440. The molecule has 0 aliphatic carbocycles. The van der Waals surface area contributed by atoms with E-state index >= 15 is 0 Å². The fourth-order valence-electron chi connectivity index (χ4n) is 2.49. The maximum atomic E-state index is 9.84. The highest BCUT2D eigenvalue weighted by atomic mass is 16.8. The normalized spacial score (nSPS) is 51.7. The van der Waals surface area contributed by atoms with Crippen molar-refractivity contribution in [2.24, 2.45) is 0 Å². The summed E-state index contributed by atoms with van der Waals surface area (Å²) in [7, 11) is 0. The average Bonchev–Trinajstić information content (AvgIpc) is 2.55. The van der Waals surface area contributed by atoms with E-state index in [2.05, 4.69) is 0 Å². The van der Waals surface area contributed by atoms with Crippen molar-refractivity contribution in [2.45, 2.75) is 61.4 Å². The zero-order valence-electron chi connectivity index (χ0n) is 12.0. The summed E-state index contributed by atoms with van der Waals surface area (Å²) in [5, 5.41) is 76.4. The number of rotatable bonds is 4. The largest absolute Gasteiger partial charge is 0.394 e. The van der Waals surface area contributed by atoms with E-state index in [4.69, 9.17) is 24.4 Å². The summed E-state index contributed by atoms with van der Waals surface area (Å²) in [6.07, 6.45) is -15.6. The van der Waals surface area contributed by atoms with Crippen LogP contribution in [0.15, 0.2) is 0 Å². The van der Waals surface area contributed by atoms with E-state index in [1.54, 1.807) is 0 Å². The minimum atomic E-state index is -1.72. The summed E-state index contributed by atoms with van der Waals surface area (Å²) in [5.74, 6) is 0. The summed E-state index contributed by atoms with van der Waals surface area (Å²) >= 11 is 0. The van der Waals surface area contributed by atoms with Crippen molar-refractivity contribution in [1.29, 1.82) is 0 Å². The van der Waals surface area contributed by atoms with Crippen molar-refractivity contribution >= 4 is 0 Å². The molecule has 2 aliphatic rings. The van der Waals surface area contributed by atoms with Gasteiger partial charge in [0.25, 0.3) is 0 Å². The van der Waals surface area contributed by atoms with Gasteiger partial charge in [0, 0.05) is 0 Å². The molecule has 0 spiro atoms. The lowest BCUT2D eigenvalue weighted by molar-refractivity contribution is -0.376. The smallest absolute Gasteiger partial charge is 0.189 e. The van der Waals surface area contributed by atoms with E-state index in [9.17, 15) is 30.6 Å². The van der Waals surface area contributed by atoms with Crippen LogP contribution in [0.1, 0.15) is 0 Å². The van der Waals surface area contributed by atoms with Gasteiger partial charge in [0.2, 0.25) is 0 Å². The molecule has 10 atom stereocenters. The molecule has 0 bridgehead atoms. The van der Waals surface area contributed by atoms with Crippen LogP contribution < -0.4 is 0 Å². The fourth-order valence-corrected chi connectivity index (χ4v) is 2.49. The molecular weight excluding hydrogens is 320 g/mol. The van der Waals surface area contributed by atoms with Crippen LogP contribution in [0.2, 0.25) is 0 Å². The summed E-state index contributed by atoms with van der Waals surface area (Å²) in [6.45, 7) is -1.33. The van der Waals surface area contributed by atoms with E-state index in [1.165, 1.54) is 0 Å². The number of hydrogen-bond acceptors (Lipinski definition) is 11. The molecule has 0 saturated carbocycles. The first-order chi connectivity index (χ1) is 10.8. The fraction of sp³-hybridized carbons (Fsp3) is 1.00. The van der Waals surface area contributed by atoms with Gasteiger partial charge >= 0.3 is 0 Å². The minimum Gasteiger partial charge on any atom is -0.394 e. The van der Waals surface area contributed by atoms with Crippen molar-refractivity contribution in [3.63, 3.8) is 0 Å². The average molecular weight is 342 g/mol. The van der Waals surface area contributed by atoms with E-state index in [0.29, 0.717) is 0 Å².